The fourth-order valence-corrected chi connectivity index (χ4v) is 3.56. The third kappa shape index (κ3) is 5.28. The van der Waals surface area contributed by atoms with Crippen molar-refractivity contribution < 1.29 is 28.6 Å². The lowest BCUT2D eigenvalue weighted by molar-refractivity contribution is -0.122. The normalized spacial score (nSPS) is 14.7. The minimum Gasteiger partial charge on any atom is -0.494 e. The molecule has 1 aliphatic rings. The lowest BCUT2D eigenvalue weighted by atomic mass is 10.0. The summed E-state index contributed by atoms with van der Waals surface area (Å²) in [5.74, 6) is 0.204. The molecule has 0 bridgehead atoms. The number of hydrogen-bond donors (Lipinski definition) is 1. The van der Waals surface area contributed by atoms with Crippen molar-refractivity contribution in [2.24, 2.45) is 0 Å². The Morgan fingerprint density at radius 2 is 1.62 bits per heavy atom. The summed E-state index contributed by atoms with van der Waals surface area (Å²) < 4.78 is 16.9. The van der Waals surface area contributed by atoms with Crippen LogP contribution in [-0.4, -0.2) is 37.7 Å². The molecule has 1 heterocycles. The van der Waals surface area contributed by atoms with Gasteiger partial charge in [0.25, 0.3) is 11.8 Å². The average molecular weight is 465 g/mol. The molecule has 1 saturated heterocycles. The first-order valence-corrected chi connectivity index (χ1v) is 11.1. The Bertz CT molecular complexity index is 1120. The van der Waals surface area contributed by atoms with Crippen molar-refractivity contribution in [3.63, 3.8) is 0 Å². The first-order valence-electron chi connectivity index (χ1n) is 11.1. The number of amides is 4. The molecule has 178 valence electrons. The Morgan fingerprint density at radius 3 is 2.24 bits per heavy atom. The molecule has 0 radical (unpaired) electrons. The zero-order chi connectivity index (χ0) is 24.7. The Balaban J connectivity index is 2.03. The summed E-state index contributed by atoms with van der Waals surface area (Å²) in [6, 6.07) is 9.17. The van der Waals surface area contributed by atoms with Crippen molar-refractivity contribution in [2.75, 3.05) is 24.7 Å². The number of imide groups is 2. The largest absolute Gasteiger partial charge is 0.494 e. The fraction of sp³-hybridized carbons (Fsp3) is 0.269. The van der Waals surface area contributed by atoms with Gasteiger partial charge in [0.2, 0.25) is 0 Å². The molecule has 2 aromatic rings. The molecule has 34 heavy (non-hydrogen) atoms. The van der Waals surface area contributed by atoms with E-state index in [-0.39, 0.29) is 5.57 Å². The van der Waals surface area contributed by atoms with Gasteiger partial charge < -0.3 is 14.2 Å². The number of rotatable bonds is 10. The van der Waals surface area contributed by atoms with Crippen LogP contribution in [0.25, 0.3) is 6.08 Å². The van der Waals surface area contributed by atoms with Gasteiger partial charge in [0, 0.05) is 5.56 Å². The van der Waals surface area contributed by atoms with Gasteiger partial charge in [-0.2, -0.15) is 0 Å². The quantitative estimate of drug-likeness (QED) is 0.321. The molecule has 0 unspecified atom stereocenters. The third-order valence-electron chi connectivity index (χ3n) is 4.93. The van der Waals surface area contributed by atoms with Crippen molar-refractivity contribution in [3.8, 4) is 17.2 Å². The highest BCUT2D eigenvalue weighted by Gasteiger charge is 2.37. The Kier molecular flexibility index (Phi) is 8.08. The topological polar surface area (TPSA) is 94.2 Å². The van der Waals surface area contributed by atoms with Crippen LogP contribution in [0.2, 0.25) is 0 Å². The Hall–Kier alpha value is -4.07. The van der Waals surface area contributed by atoms with Crippen molar-refractivity contribution in [2.45, 2.75) is 27.2 Å². The highest BCUT2D eigenvalue weighted by molar-refractivity contribution is 6.39. The van der Waals surface area contributed by atoms with Crippen molar-refractivity contribution >= 4 is 29.6 Å². The SMILES string of the molecule is C=CCc1cc(/C=C2\C(=O)NC(=O)N(c3ccc(OCC)cc3)C2=O)cc(OCC)c1OCC. The molecule has 8 nitrogen and oxygen atoms in total. The van der Waals surface area contributed by atoms with Crippen LogP contribution in [0.15, 0.2) is 54.6 Å². The molecule has 3 rings (SSSR count). The smallest absolute Gasteiger partial charge is 0.335 e. The van der Waals surface area contributed by atoms with E-state index in [0.29, 0.717) is 54.7 Å². The van der Waals surface area contributed by atoms with Crippen molar-refractivity contribution in [1.82, 2.24) is 5.32 Å². The van der Waals surface area contributed by atoms with Gasteiger partial charge in [0.1, 0.15) is 11.3 Å². The number of anilines is 1. The van der Waals surface area contributed by atoms with Crippen molar-refractivity contribution in [1.29, 1.82) is 0 Å². The molecule has 0 saturated carbocycles. The number of ether oxygens (including phenoxy) is 3. The van der Waals surface area contributed by atoms with Crippen LogP contribution in [-0.2, 0) is 16.0 Å². The monoisotopic (exact) mass is 464 g/mol. The van der Waals surface area contributed by atoms with E-state index in [1.54, 1.807) is 42.5 Å². The summed E-state index contributed by atoms with van der Waals surface area (Å²) in [5, 5.41) is 2.24. The van der Waals surface area contributed by atoms with E-state index in [1.165, 1.54) is 6.08 Å². The summed E-state index contributed by atoms with van der Waals surface area (Å²) in [6.45, 7) is 10.7. The van der Waals surface area contributed by atoms with E-state index in [2.05, 4.69) is 11.9 Å². The second kappa shape index (κ2) is 11.2. The predicted octanol–water partition coefficient (Wildman–Crippen LogP) is 4.28. The van der Waals surface area contributed by atoms with E-state index in [0.717, 1.165) is 10.5 Å². The fourth-order valence-electron chi connectivity index (χ4n) is 3.56. The van der Waals surface area contributed by atoms with Gasteiger partial charge in [0.05, 0.1) is 25.5 Å². The average Bonchev–Trinajstić information content (AvgIpc) is 2.80. The molecule has 4 amide bonds. The second-order valence-corrected chi connectivity index (χ2v) is 7.25. The van der Waals surface area contributed by atoms with Gasteiger partial charge in [-0.1, -0.05) is 6.08 Å². The third-order valence-corrected chi connectivity index (χ3v) is 4.93. The summed E-state index contributed by atoms with van der Waals surface area (Å²) in [7, 11) is 0. The molecule has 1 N–H and O–H groups in total. The lowest BCUT2D eigenvalue weighted by Gasteiger charge is -2.26. The molecule has 1 fully saturated rings. The molecule has 0 aliphatic carbocycles. The minimum atomic E-state index is -0.814. The van der Waals surface area contributed by atoms with Crippen LogP contribution in [0, 0.1) is 0 Å². The van der Waals surface area contributed by atoms with Gasteiger partial charge in [-0.25, -0.2) is 9.69 Å². The maximum absolute atomic E-state index is 13.2. The van der Waals surface area contributed by atoms with Gasteiger partial charge in [-0.3, -0.25) is 14.9 Å². The van der Waals surface area contributed by atoms with Crippen LogP contribution in [0.4, 0.5) is 10.5 Å². The van der Waals surface area contributed by atoms with Crippen LogP contribution in [0.1, 0.15) is 31.9 Å². The summed E-state index contributed by atoms with van der Waals surface area (Å²) in [5.41, 5.74) is 1.50. The first kappa shape index (κ1) is 24.6. The molecular weight excluding hydrogens is 436 g/mol. The Morgan fingerprint density at radius 1 is 0.941 bits per heavy atom. The Labute approximate surface area is 198 Å². The number of hydrogen-bond acceptors (Lipinski definition) is 6. The number of nitrogens with one attached hydrogen (secondary N) is 1. The maximum atomic E-state index is 13.2. The number of carbonyl (C=O) groups excluding carboxylic acids is 3. The lowest BCUT2D eigenvalue weighted by Crippen LogP contribution is -2.54. The zero-order valence-corrected chi connectivity index (χ0v) is 19.6. The van der Waals surface area contributed by atoms with Gasteiger partial charge in [-0.05, 0) is 75.2 Å². The van der Waals surface area contributed by atoms with Crippen LogP contribution < -0.4 is 24.4 Å². The summed E-state index contributed by atoms with van der Waals surface area (Å²) >= 11 is 0. The predicted molar refractivity (Wildman–Crippen MR) is 129 cm³/mol. The number of benzene rings is 2. The number of urea groups is 1. The molecule has 8 heteroatoms. The number of carbonyl (C=O) groups is 3. The van der Waals surface area contributed by atoms with E-state index in [4.69, 9.17) is 14.2 Å². The zero-order valence-electron chi connectivity index (χ0n) is 19.6. The maximum Gasteiger partial charge on any atom is 0.335 e. The van der Waals surface area contributed by atoms with E-state index in [1.807, 2.05) is 20.8 Å². The first-order chi connectivity index (χ1) is 16.4. The molecule has 0 spiro atoms. The standard InChI is InChI=1S/C26H28N2O6/c1-5-9-18-14-17(16-22(33-7-3)23(18)34-8-4)15-21-24(29)27-26(31)28(25(21)30)19-10-12-20(13-11-19)32-6-2/h5,10-16H,1,6-9H2,2-4H3,(H,27,29,31)/b21-15+. The van der Waals surface area contributed by atoms with Gasteiger partial charge in [-0.15, -0.1) is 6.58 Å². The van der Waals surface area contributed by atoms with E-state index >= 15 is 0 Å². The molecular formula is C26H28N2O6. The number of barbiturate groups is 1. The summed E-state index contributed by atoms with van der Waals surface area (Å²) in [4.78, 5) is 39.2. The molecule has 1 aliphatic heterocycles. The van der Waals surface area contributed by atoms with E-state index < -0.39 is 17.8 Å². The second-order valence-electron chi connectivity index (χ2n) is 7.25. The van der Waals surface area contributed by atoms with E-state index in [9.17, 15) is 14.4 Å². The molecule has 2 aromatic carbocycles. The van der Waals surface area contributed by atoms with Gasteiger partial charge >= 0.3 is 6.03 Å². The van der Waals surface area contributed by atoms with Crippen LogP contribution in [0.5, 0.6) is 17.2 Å². The highest BCUT2D eigenvalue weighted by atomic mass is 16.5. The number of allylic oxidation sites excluding steroid dienone is 1. The highest BCUT2D eigenvalue weighted by Crippen LogP contribution is 2.35. The molecule has 0 atom stereocenters. The van der Waals surface area contributed by atoms with Crippen molar-refractivity contribution in [3.05, 3.63) is 65.8 Å². The molecule has 0 aromatic heterocycles. The summed E-state index contributed by atoms with van der Waals surface area (Å²) in [6.07, 6.45) is 3.68. The minimum absolute atomic E-state index is 0.176. The van der Waals surface area contributed by atoms with Crippen LogP contribution in [0.3, 0.4) is 0 Å². The van der Waals surface area contributed by atoms with Gasteiger partial charge in [0.15, 0.2) is 11.5 Å². The van der Waals surface area contributed by atoms with Crippen LogP contribution >= 0.6 is 0 Å². The number of nitrogens with zero attached hydrogens (tertiary/aromatic N) is 1.